The number of hydrogen-bond donors (Lipinski definition) is 2. The Labute approximate surface area is 114 Å². The third-order valence-electron chi connectivity index (χ3n) is 3.78. The van der Waals surface area contributed by atoms with Gasteiger partial charge in [-0.2, -0.15) is 0 Å². The molecule has 1 unspecified atom stereocenters. The van der Waals surface area contributed by atoms with Crippen molar-refractivity contribution in [1.82, 2.24) is 4.98 Å². The maximum absolute atomic E-state index is 8.99. The smallest absolute Gasteiger partial charge is 0.174 e. The highest BCUT2D eigenvalue weighted by Gasteiger charge is 2.24. The van der Waals surface area contributed by atoms with Gasteiger partial charge in [0.15, 0.2) is 5.84 Å². The zero-order valence-corrected chi connectivity index (χ0v) is 11.8. The molecule has 2 heterocycles. The summed E-state index contributed by atoms with van der Waals surface area (Å²) in [6, 6.07) is 2.50. The molecule has 0 spiro atoms. The van der Waals surface area contributed by atoms with Gasteiger partial charge in [-0.15, -0.1) is 0 Å². The Hall–Kier alpha value is -1.78. The maximum Gasteiger partial charge on any atom is 0.174 e. The first-order valence-electron chi connectivity index (χ1n) is 6.77. The first kappa shape index (κ1) is 13.6. The van der Waals surface area contributed by atoms with Gasteiger partial charge in [-0.05, 0) is 46.1 Å². The molecule has 0 bridgehead atoms. The standard InChI is InChI=1S/C14H22N4O/c1-9-8-12(18-7-5-4-6-10(18)2)13(11(3)16-9)14(15)17-19/h8,10,19H,4-7H2,1-3H3,(H2,15,17). The van der Waals surface area contributed by atoms with Gasteiger partial charge >= 0.3 is 0 Å². The van der Waals surface area contributed by atoms with E-state index in [9.17, 15) is 0 Å². The van der Waals surface area contributed by atoms with Gasteiger partial charge in [-0.3, -0.25) is 4.98 Å². The van der Waals surface area contributed by atoms with E-state index < -0.39 is 0 Å². The van der Waals surface area contributed by atoms with E-state index in [1.165, 1.54) is 19.3 Å². The zero-order chi connectivity index (χ0) is 14.0. The third-order valence-corrected chi connectivity index (χ3v) is 3.78. The van der Waals surface area contributed by atoms with Gasteiger partial charge in [0.25, 0.3) is 0 Å². The van der Waals surface area contributed by atoms with E-state index >= 15 is 0 Å². The monoisotopic (exact) mass is 262 g/mol. The van der Waals surface area contributed by atoms with Gasteiger partial charge < -0.3 is 15.8 Å². The Morgan fingerprint density at radius 1 is 1.47 bits per heavy atom. The number of pyridine rings is 1. The SMILES string of the molecule is Cc1cc(N2CCCCC2C)c(/C(N)=N/O)c(C)n1. The van der Waals surface area contributed by atoms with E-state index in [4.69, 9.17) is 10.9 Å². The Morgan fingerprint density at radius 2 is 2.21 bits per heavy atom. The van der Waals surface area contributed by atoms with Crippen molar-refractivity contribution >= 4 is 11.5 Å². The van der Waals surface area contributed by atoms with E-state index in [2.05, 4.69) is 22.0 Å². The number of nitrogens with zero attached hydrogens (tertiary/aromatic N) is 3. The van der Waals surface area contributed by atoms with Crippen LogP contribution in [-0.4, -0.2) is 28.6 Å². The molecule has 0 amide bonds. The normalized spacial score (nSPS) is 20.7. The van der Waals surface area contributed by atoms with Crippen molar-refractivity contribution in [3.05, 3.63) is 23.0 Å². The molecule has 3 N–H and O–H groups in total. The van der Waals surface area contributed by atoms with Crippen LogP contribution >= 0.6 is 0 Å². The van der Waals surface area contributed by atoms with Crippen LogP contribution in [0.15, 0.2) is 11.2 Å². The highest BCUT2D eigenvalue weighted by molar-refractivity contribution is 6.03. The molecule has 104 valence electrons. The molecule has 1 atom stereocenters. The fourth-order valence-electron chi connectivity index (χ4n) is 2.86. The maximum atomic E-state index is 8.99. The van der Waals surface area contributed by atoms with Crippen LogP contribution in [0.4, 0.5) is 5.69 Å². The number of hydrogen-bond acceptors (Lipinski definition) is 4. The largest absolute Gasteiger partial charge is 0.409 e. The van der Waals surface area contributed by atoms with Crippen LogP contribution in [0, 0.1) is 13.8 Å². The lowest BCUT2D eigenvalue weighted by Crippen LogP contribution is -2.39. The molecule has 2 rings (SSSR count). The minimum Gasteiger partial charge on any atom is -0.409 e. The van der Waals surface area contributed by atoms with Crippen LogP contribution < -0.4 is 10.6 Å². The van der Waals surface area contributed by atoms with Crippen LogP contribution in [0.3, 0.4) is 0 Å². The van der Waals surface area contributed by atoms with Gasteiger partial charge in [-0.25, -0.2) is 0 Å². The van der Waals surface area contributed by atoms with Crippen molar-refractivity contribution in [2.24, 2.45) is 10.9 Å². The number of piperidine rings is 1. The van der Waals surface area contributed by atoms with Crippen LogP contribution in [-0.2, 0) is 0 Å². The summed E-state index contributed by atoms with van der Waals surface area (Å²) in [6.45, 7) is 7.11. The molecule has 1 saturated heterocycles. The molecule has 0 aromatic carbocycles. The van der Waals surface area contributed by atoms with Gasteiger partial charge in [0.2, 0.25) is 0 Å². The van der Waals surface area contributed by atoms with Crippen molar-refractivity contribution in [2.75, 3.05) is 11.4 Å². The summed E-state index contributed by atoms with van der Waals surface area (Å²) in [7, 11) is 0. The number of oxime groups is 1. The molecule has 5 nitrogen and oxygen atoms in total. The number of aryl methyl sites for hydroxylation is 2. The Balaban J connectivity index is 2.54. The van der Waals surface area contributed by atoms with Crippen LogP contribution in [0.2, 0.25) is 0 Å². The molecule has 5 heteroatoms. The predicted octanol–water partition coefficient (Wildman–Crippen LogP) is 2.17. The lowest BCUT2D eigenvalue weighted by atomic mass is 10.00. The van der Waals surface area contributed by atoms with Crippen molar-refractivity contribution in [3.63, 3.8) is 0 Å². The molecule has 19 heavy (non-hydrogen) atoms. The van der Waals surface area contributed by atoms with Crippen molar-refractivity contribution < 1.29 is 5.21 Å². The van der Waals surface area contributed by atoms with E-state index in [0.717, 1.165) is 29.2 Å². The van der Waals surface area contributed by atoms with Crippen LogP contribution in [0.5, 0.6) is 0 Å². The number of aromatic nitrogens is 1. The summed E-state index contributed by atoms with van der Waals surface area (Å²) in [5, 5.41) is 12.1. The highest BCUT2D eigenvalue weighted by atomic mass is 16.4. The summed E-state index contributed by atoms with van der Waals surface area (Å²) in [5.74, 6) is 0.137. The first-order chi connectivity index (χ1) is 9.04. The van der Waals surface area contributed by atoms with Gasteiger partial charge in [0, 0.05) is 18.3 Å². The molecule has 0 aliphatic carbocycles. The summed E-state index contributed by atoms with van der Waals surface area (Å²) in [5.41, 5.74) is 9.38. The average Bonchev–Trinajstić information content (AvgIpc) is 2.37. The highest BCUT2D eigenvalue weighted by Crippen LogP contribution is 2.29. The number of rotatable bonds is 2. The second-order valence-electron chi connectivity index (χ2n) is 5.27. The average molecular weight is 262 g/mol. The first-order valence-corrected chi connectivity index (χ1v) is 6.77. The van der Waals surface area contributed by atoms with Crippen LogP contribution in [0.1, 0.15) is 43.1 Å². The molecule has 0 radical (unpaired) electrons. The van der Waals surface area contributed by atoms with Crippen LogP contribution in [0.25, 0.3) is 0 Å². The Kier molecular flexibility index (Phi) is 3.93. The van der Waals surface area contributed by atoms with Gasteiger partial charge in [-0.1, -0.05) is 5.16 Å². The fourth-order valence-corrected chi connectivity index (χ4v) is 2.86. The predicted molar refractivity (Wildman–Crippen MR) is 76.9 cm³/mol. The quantitative estimate of drug-likeness (QED) is 0.371. The Morgan fingerprint density at radius 3 is 2.84 bits per heavy atom. The number of amidine groups is 1. The van der Waals surface area contributed by atoms with Gasteiger partial charge in [0.05, 0.1) is 16.9 Å². The molecular formula is C14H22N4O. The molecule has 1 aromatic heterocycles. The minimum atomic E-state index is 0.137. The fraction of sp³-hybridized carbons (Fsp3) is 0.571. The molecule has 1 fully saturated rings. The third kappa shape index (κ3) is 2.64. The zero-order valence-electron chi connectivity index (χ0n) is 11.8. The molecule has 1 aromatic rings. The second kappa shape index (κ2) is 5.47. The summed E-state index contributed by atoms with van der Waals surface area (Å²) < 4.78 is 0. The topological polar surface area (TPSA) is 74.7 Å². The lowest BCUT2D eigenvalue weighted by Gasteiger charge is -2.37. The van der Waals surface area contributed by atoms with Crippen molar-refractivity contribution in [1.29, 1.82) is 0 Å². The van der Waals surface area contributed by atoms with Crippen molar-refractivity contribution in [3.8, 4) is 0 Å². The lowest BCUT2D eigenvalue weighted by molar-refractivity contribution is 0.318. The molecular weight excluding hydrogens is 240 g/mol. The number of anilines is 1. The minimum absolute atomic E-state index is 0.137. The Bertz CT molecular complexity index is 498. The number of nitrogens with two attached hydrogens (primary N) is 1. The van der Waals surface area contributed by atoms with E-state index in [1.54, 1.807) is 0 Å². The summed E-state index contributed by atoms with van der Waals surface area (Å²) in [6.07, 6.45) is 3.62. The van der Waals surface area contributed by atoms with Gasteiger partial charge in [0.1, 0.15) is 0 Å². The molecule has 1 aliphatic heterocycles. The summed E-state index contributed by atoms with van der Waals surface area (Å²) in [4.78, 5) is 6.77. The summed E-state index contributed by atoms with van der Waals surface area (Å²) >= 11 is 0. The van der Waals surface area contributed by atoms with Crippen molar-refractivity contribution in [2.45, 2.75) is 46.1 Å². The second-order valence-corrected chi connectivity index (χ2v) is 5.27. The van der Waals surface area contributed by atoms with E-state index in [0.29, 0.717) is 6.04 Å². The van der Waals surface area contributed by atoms with E-state index in [-0.39, 0.29) is 5.84 Å². The molecule has 1 aliphatic rings. The molecule has 0 saturated carbocycles. The van der Waals surface area contributed by atoms with E-state index in [1.807, 2.05) is 19.9 Å².